The van der Waals surface area contributed by atoms with Gasteiger partial charge in [-0.15, -0.1) is 0 Å². The molecule has 0 aliphatic carbocycles. The summed E-state index contributed by atoms with van der Waals surface area (Å²) in [6.45, 7) is 1.95. The van der Waals surface area contributed by atoms with E-state index < -0.39 is 18.0 Å². The lowest BCUT2D eigenvalue weighted by Crippen LogP contribution is -2.38. The molecule has 1 atom stereocenters. The van der Waals surface area contributed by atoms with Crippen LogP contribution in [0.1, 0.15) is 36.5 Å². The predicted molar refractivity (Wildman–Crippen MR) is 88.0 cm³/mol. The number of aliphatic carboxylic acids is 1. The van der Waals surface area contributed by atoms with E-state index in [4.69, 9.17) is 15.1 Å². The molecule has 1 aromatic rings. The van der Waals surface area contributed by atoms with E-state index in [0.29, 0.717) is 37.2 Å². The Bertz CT molecular complexity index is 548. The molecule has 0 amide bonds. The fourth-order valence-electron chi connectivity index (χ4n) is 1.92. The van der Waals surface area contributed by atoms with Crippen LogP contribution in [-0.2, 0) is 9.53 Å². The first-order chi connectivity index (χ1) is 11.5. The van der Waals surface area contributed by atoms with Crippen molar-refractivity contribution >= 4 is 17.8 Å². The average Bonchev–Trinajstić information content (AvgIpc) is 2.59. The summed E-state index contributed by atoms with van der Waals surface area (Å²) in [7, 11) is 0. The van der Waals surface area contributed by atoms with E-state index in [1.165, 1.54) is 0 Å². The van der Waals surface area contributed by atoms with Crippen molar-refractivity contribution in [3.63, 3.8) is 0 Å². The second kappa shape index (κ2) is 11.1. The van der Waals surface area contributed by atoms with Crippen LogP contribution in [-0.4, -0.2) is 47.4 Å². The van der Waals surface area contributed by atoms with Gasteiger partial charge in [-0.05, 0) is 38.3 Å². The number of esters is 1. The quantitative estimate of drug-likeness (QED) is 0.127. The number of aliphatic imine (C=N–C) groups is 1. The normalized spacial score (nSPS) is 12.5. The van der Waals surface area contributed by atoms with Crippen LogP contribution in [0.4, 0.5) is 0 Å². The molecule has 8 heteroatoms. The van der Waals surface area contributed by atoms with Crippen molar-refractivity contribution in [2.45, 2.75) is 32.2 Å². The van der Waals surface area contributed by atoms with Crippen LogP contribution in [0.15, 0.2) is 35.3 Å². The molecule has 1 aromatic carbocycles. The minimum absolute atomic E-state index is 0.170. The van der Waals surface area contributed by atoms with Gasteiger partial charge < -0.3 is 9.84 Å². The molecule has 132 valence electrons. The van der Waals surface area contributed by atoms with Crippen molar-refractivity contribution in [1.29, 1.82) is 0 Å². The number of unbranched alkanes of at least 4 members (excludes halogenated alkanes) is 1. The SMILES string of the molecule is CC(=NCCCC[C@H](NCOC(=O)c1ccccc1)C(=O)O)NO. The highest BCUT2D eigenvalue weighted by Crippen LogP contribution is 2.03. The molecular formula is C16H23N3O5. The summed E-state index contributed by atoms with van der Waals surface area (Å²) in [6.07, 6.45) is 1.71. The van der Waals surface area contributed by atoms with Gasteiger partial charge in [0.05, 0.1) is 5.56 Å². The molecule has 8 nitrogen and oxygen atoms in total. The molecule has 0 aliphatic rings. The first kappa shape index (κ1) is 19.6. The molecule has 0 aliphatic heterocycles. The number of carboxylic acids is 1. The van der Waals surface area contributed by atoms with Gasteiger partial charge in [0.1, 0.15) is 18.6 Å². The molecule has 0 aromatic heterocycles. The summed E-state index contributed by atoms with van der Waals surface area (Å²) in [6, 6.07) is 7.69. The van der Waals surface area contributed by atoms with E-state index in [1.807, 2.05) is 5.48 Å². The third-order valence-electron chi connectivity index (χ3n) is 3.25. The van der Waals surface area contributed by atoms with Gasteiger partial charge in [0.15, 0.2) is 0 Å². The van der Waals surface area contributed by atoms with Crippen LogP contribution in [0.25, 0.3) is 0 Å². The minimum Gasteiger partial charge on any atom is -0.480 e. The molecule has 24 heavy (non-hydrogen) atoms. The topological polar surface area (TPSA) is 120 Å². The van der Waals surface area contributed by atoms with Gasteiger partial charge in [0.25, 0.3) is 0 Å². The number of hydroxylamine groups is 1. The zero-order chi connectivity index (χ0) is 17.8. The highest BCUT2D eigenvalue weighted by Gasteiger charge is 2.17. The standard InChI is InChI=1S/C16H23N3O5/c1-12(19-23)17-10-6-5-9-14(15(20)21)18-11-24-16(22)13-7-3-2-4-8-13/h2-4,7-8,14,18,23H,5-6,9-11H2,1H3,(H,17,19)(H,20,21)/t14-/m0/s1. The number of nitrogens with zero attached hydrogens (tertiary/aromatic N) is 1. The second-order valence-electron chi connectivity index (χ2n) is 5.11. The molecule has 0 bridgehead atoms. The van der Waals surface area contributed by atoms with Crippen LogP contribution in [0.3, 0.4) is 0 Å². The van der Waals surface area contributed by atoms with Gasteiger partial charge in [0, 0.05) is 6.54 Å². The molecule has 1 rings (SSSR count). The third-order valence-corrected chi connectivity index (χ3v) is 3.25. The second-order valence-corrected chi connectivity index (χ2v) is 5.11. The maximum absolute atomic E-state index is 11.7. The van der Waals surface area contributed by atoms with E-state index >= 15 is 0 Å². The summed E-state index contributed by atoms with van der Waals surface area (Å²) in [5.74, 6) is -1.09. The van der Waals surface area contributed by atoms with Crippen LogP contribution >= 0.6 is 0 Å². The summed E-state index contributed by atoms with van der Waals surface area (Å²) >= 11 is 0. The molecule has 0 saturated heterocycles. The first-order valence-corrected chi connectivity index (χ1v) is 7.64. The lowest BCUT2D eigenvalue weighted by molar-refractivity contribution is -0.140. The lowest BCUT2D eigenvalue weighted by Gasteiger charge is -2.14. The van der Waals surface area contributed by atoms with Crippen molar-refractivity contribution in [2.24, 2.45) is 4.99 Å². The number of carbonyl (C=O) groups excluding carboxylic acids is 1. The van der Waals surface area contributed by atoms with Crippen molar-refractivity contribution in [1.82, 2.24) is 10.8 Å². The first-order valence-electron chi connectivity index (χ1n) is 7.64. The number of ether oxygens (including phenoxy) is 1. The fourth-order valence-corrected chi connectivity index (χ4v) is 1.92. The van der Waals surface area contributed by atoms with Gasteiger partial charge in [-0.25, -0.2) is 4.79 Å². The average molecular weight is 337 g/mol. The van der Waals surface area contributed by atoms with Gasteiger partial charge >= 0.3 is 11.9 Å². The third kappa shape index (κ3) is 7.70. The predicted octanol–water partition coefficient (Wildman–Crippen LogP) is 1.41. The van der Waals surface area contributed by atoms with Gasteiger partial charge in [-0.1, -0.05) is 18.2 Å². The zero-order valence-corrected chi connectivity index (χ0v) is 13.6. The van der Waals surface area contributed by atoms with E-state index in [2.05, 4.69) is 10.3 Å². The monoisotopic (exact) mass is 337 g/mol. The van der Waals surface area contributed by atoms with Crippen molar-refractivity contribution < 1.29 is 24.6 Å². The van der Waals surface area contributed by atoms with Crippen molar-refractivity contribution in [2.75, 3.05) is 13.3 Å². The number of nitrogens with one attached hydrogen (secondary N) is 2. The Morgan fingerprint density at radius 1 is 1.25 bits per heavy atom. The van der Waals surface area contributed by atoms with E-state index in [9.17, 15) is 9.59 Å². The summed E-state index contributed by atoms with van der Waals surface area (Å²) in [5, 5.41) is 20.4. The van der Waals surface area contributed by atoms with E-state index in [0.717, 1.165) is 0 Å². The van der Waals surface area contributed by atoms with Gasteiger partial charge in [0.2, 0.25) is 0 Å². The number of carbonyl (C=O) groups is 2. The maximum atomic E-state index is 11.7. The van der Waals surface area contributed by atoms with Crippen molar-refractivity contribution in [3.05, 3.63) is 35.9 Å². The number of rotatable bonds is 10. The lowest BCUT2D eigenvalue weighted by atomic mass is 10.1. The number of hydrogen-bond acceptors (Lipinski definition) is 6. The van der Waals surface area contributed by atoms with Crippen LogP contribution < -0.4 is 10.8 Å². The Morgan fingerprint density at radius 2 is 1.96 bits per heavy atom. The Labute approximate surface area is 140 Å². The van der Waals surface area contributed by atoms with Gasteiger partial charge in [-0.3, -0.25) is 25.8 Å². The van der Waals surface area contributed by atoms with Crippen LogP contribution in [0.2, 0.25) is 0 Å². The summed E-state index contributed by atoms with van der Waals surface area (Å²) in [5.41, 5.74) is 2.34. The Balaban J connectivity index is 2.28. The number of hydrogen-bond donors (Lipinski definition) is 4. The highest BCUT2D eigenvalue weighted by atomic mass is 16.5. The molecule has 0 heterocycles. The minimum atomic E-state index is -0.998. The van der Waals surface area contributed by atoms with Gasteiger partial charge in [-0.2, -0.15) is 0 Å². The summed E-state index contributed by atoms with van der Waals surface area (Å²) < 4.78 is 5.01. The van der Waals surface area contributed by atoms with E-state index in [1.54, 1.807) is 37.3 Å². The van der Waals surface area contributed by atoms with Crippen LogP contribution in [0.5, 0.6) is 0 Å². The highest BCUT2D eigenvalue weighted by molar-refractivity contribution is 5.89. The molecule has 0 unspecified atom stereocenters. The Kier molecular flexibility index (Phi) is 9.10. The number of amidine groups is 1. The van der Waals surface area contributed by atoms with E-state index in [-0.39, 0.29) is 6.73 Å². The molecule has 0 spiro atoms. The Morgan fingerprint density at radius 3 is 2.58 bits per heavy atom. The maximum Gasteiger partial charge on any atom is 0.339 e. The largest absolute Gasteiger partial charge is 0.480 e. The number of carboxylic acid groups (broad SMARTS) is 1. The molecule has 0 fully saturated rings. The molecule has 0 saturated carbocycles. The molecular weight excluding hydrogens is 314 g/mol. The Hall–Kier alpha value is -2.45. The molecule has 4 N–H and O–H groups in total. The summed E-state index contributed by atoms with van der Waals surface area (Å²) in [4.78, 5) is 26.9. The fraction of sp³-hybridized carbons (Fsp3) is 0.438. The number of benzene rings is 1. The smallest absolute Gasteiger partial charge is 0.339 e. The zero-order valence-electron chi connectivity index (χ0n) is 13.6. The van der Waals surface area contributed by atoms with Crippen molar-refractivity contribution in [3.8, 4) is 0 Å². The van der Waals surface area contributed by atoms with Crippen LogP contribution in [0, 0.1) is 0 Å². The molecule has 0 radical (unpaired) electrons.